The molecule has 3 aromatic rings. The smallest absolute Gasteiger partial charge is 0.278 e. The third kappa shape index (κ3) is 5.06. The predicted octanol–water partition coefficient (Wildman–Crippen LogP) is 2.68. The Labute approximate surface area is 200 Å². The summed E-state index contributed by atoms with van der Waals surface area (Å²) in [6, 6.07) is 13.6. The van der Waals surface area contributed by atoms with Gasteiger partial charge < -0.3 is 16.0 Å². The number of nitrogens with two attached hydrogens (primary N) is 1. The first kappa shape index (κ1) is 23.3. The summed E-state index contributed by atoms with van der Waals surface area (Å²) in [7, 11) is -1.60. The van der Waals surface area contributed by atoms with Crippen molar-refractivity contribution < 1.29 is 13.2 Å². The minimum absolute atomic E-state index is 0.00225. The zero-order chi connectivity index (χ0) is 23.6. The largest absolute Gasteiger partial charge is 0.382 e. The highest BCUT2D eigenvalue weighted by molar-refractivity contribution is 9.10. The van der Waals surface area contributed by atoms with Crippen molar-refractivity contribution in [1.82, 2.24) is 19.2 Å². The maximum absolute atomic E-state index is 12.9. The molecule has 1 saturated heterocycles. The molecule has 4 rings (SSSR count). The van der Waals surface area contributed by atoms with Crippen molar-refractivity contribution >= 4 is 43.4 Å². The molecule has 33 heavy (non-hydrogen) atoms. The average Bonchev–Trinajstić information content (AvgIpc) is 2.81. The van der Waals surface area contributed by atoms with Gasteiger partial charge in [-0.1, -0.05) is 24.3 Å². The number of sulfonamides is 1. The molecule has 0 saturated carbocycles. The summed E-state index contributed by atoms with van der Waals surface area (Å²) in [4.78, 5) is 23.5. The number of halogens is 1. The fraction of sp³-hybridized carbons (Fsp3) is 0.227. The van der Waals surface area contributed by atoms with E-state index in [0.717, 1.165) is 4.47 Å². The molecule has 0 atom stereocenters. The SMILES string of the molecule is CN1CCN(S(=O)(=O)c2ccc(-c3cnc(N)c(C(=O)Nc4ccccc4Br)n3)cc2)CC1. The first-order chi connectivity index (χ1) is 15.8. The number of hydrogen-bond donors (Lipinski definition) is 2. The van der Waals surface area contributed by atoms with Crippen LogP contribution in [-0.2, 0) is 10.0 Å². The number of aromatic nitrogens is 2. The number of nitrogen functional groups attached to an aromatic ring is 1. The minimum atomic E-state index is -3.57. The lowest BCUT2D eigenvalue weighted by molar-refractivity contribution is 0.102. The molecule has 11 heteroatoms. The Morgan fingerprint density at radius 1 is 1.06 bits per heavy atom. The topological polar surface area (TPSA) is 122 Å². The summed E-state index contributed by atoms with van der Waals surface area (Å²) in [6.45, 7) is 2.31. The van der Waals surface area contributed by atoms with Crippen LogP contribution >= 0.6 is 15.9 Å². The van der Waals surface area contributed by atoms with Gasteiger partial charge in [-0.05, 0) is 47.2 Å². The first-order valence-electron chi connectivity index (χ1n) is 10.2. The summed E-state index contributed by atoms with van der Waals surface area (Å²) in [5, 5.41) is 2.76. The molecule has 2 aromatic carbocycles. The van der Waals surface area contributed by atoms with Crippen LogP contribution < -0.4 is 11.1 Å². The number of piperazine rings is 1. The normalized spacial score (nSPS) is 15.3. The second-order valence-electron chi connectivity index (χ2n) is 7.65. The second kappa shape index (κ2) is 9.56. The summed E-state index contributed by atoms with van der Waals surface area (Å²) in [6.07, 6.45) is 1.45. The van der Waals surface area contributed by atoms with E-state index < -0.39 is 15.9 Å². The van der Waals surface area contributed by atoms with E-state index in [9.17, 15) is 13.2 Å². The van der Waals surface area contributed by atoms with Crippen LogP contribution in [0.5, 0.6) is 0 Å². The van der Waals surface area contributed by atoms with Gasteiger partial charge in [0, 0.05) is 36.2 Å². The quantitative estimate of drug-likeness (QED) is 0.519. The molecule has 0 unspecified atom stereocenters. The third-order valence-electron chi connectivity index (χ3n) is 5.39. The Hall–Kier alpha value is -2.86. The molecule has 0 bridgehead atoms. The Bertz CT molecular complexity index is 1280. The number of rotatable bonds is 5. The van der Waals surface area contributed by atoms with Gasteiger partial charge in [0.1, 0.15) is 0 Å². The second-order valence-corrected chi connectivity index (χ2v) is 10.4. The van der Waals surface area contributed by atoms with Crippen molar-refractivity contribution in [2.45, 2.75) is 4.90 Å². The number of nitrogens with zero attached hydrogens (tertiary/aromatic N) is 4. The van der Waals surface area contributed by atoms with Crippen molar-refractivity contribution in [1.29, 1.82) is 0 Å². The molecule has 172 valence electrons. The van der Waals surface area contributed by atoms with Gasteiger partial charge >= 0.3 is 0 Å². The van der Waals surface area contributed by atoms with E-state index in [4.69, 9.17) is 5.73 Å². The number of hydrogen-bond acceptors (Lipinski definition) is 7. The summed E-state index contributed by atoms with van der Waals surface area (Å²) < 4.78 is 28.1. The number of carbonyl (C=O) groups excluding carboxylic acids is 1. The molecule has 0 aliphatic carbocycles. The van der Waals surface area contributed by atoms with Crippen LogP contribution in [0, 0.1) is 0 Å². The Balaban J connectivity index is 1.56. The Morgan fingerprint density at radius 2 is 1.73 bits per heavy atom. The number of benzene rings is 2. The molecular formula is C22H23BrN6O3S. The molecule has 3 N–H and O–H groups in total. The highest BCUT2D eigenvalue weighted by Crippen LogP contribution is 2.25. The van der Waals surface area contributed by atoms with Crippen LogP contribution in [0.2, 0.25) is 0 Å². The maximum Gasteiger partial charge on any atom is 0.278 e. The van der Waals surface area contributed by atoms with E-state index in [0.29, 0.717) is 43.1 Å². The van der Waals surface area contributed by atoms with Gasteiger partial charge in [-0.15, -0.1) is 0 Å². The molecule has 2 heterocycles. The van der Waals surface area contributed by atoms with Gasteiger partial charge in [0.2, 0.25) is 10.0 Å². The lowest BCUT2D eigenvalue weighted by Gasteiger charge is -2.31. The van der Waals surface area contributed by atoms with E-state index in [2.05, 4.69) is 36.1 Å². The summed E-state index contributed by atoms with van der Waals surface area (Å²) in [5.74, 6) is -0.499. The molecular weight excluding hydrogens is 508 g/mol. The van der Waals surface area contributed by atoms with Crippen LogP contribution in [0.15, 0.2) is 64.1 Å². The van der Waals surface area contributed by atoms with Crippen LogP contribution in [0.25, 0.3) is 11.3 Å². The van der Waals surface area contributed by atoms with Gasteiger partial charge in [-0.25, -0.2) is 18.4 Å². The first-order valence-corrected chi connectivity index (χ1v) is 12.5. The van der Waals surface area contributed by atoms with Crippen LogP contribution in [0.3, 0.4) is 0 Å². The summed E-state index contributed by atoms with van der Waals surface area (Å²) in [5.41, 5.74) is 7.49. The number of para-hydroxylation sites is 1. The molecule has 1 aliphatic heterocycles. The molecule has 1 aliphatic rings. The highest BCUT2D eigenvalue weighted by Gasteiger charge is 2.27. The van der Waals surface area contributed by atoms with E-state index in [1.54, 1.807) is 42.5 Å². The minimum Gasteiger partial charge on any atom is -0.382 e. The fourth-order valence-electron chi connectivity index (χ4n) is 3.42. The zero-order valence-electron chi connectivity index (χ0n) is 17.9. The predicted molar refractivity (Wildman–Crippen MR) is 130 cm³/mol. The number of anilines is 2. The van der Waals surface area contributed by atoms with Gasteiger partial charge in [-0.3, -0.25) is 4.79 Å². The molecule has 0 spiro atoms. The number of likely N-dealkylation sites (N-methyl/N-ethyl adjacent to an activating group) is 1. The molecule has 1 aromatic heterocycles. The molecule has 1 fully saturated rings. The van der Waals surface area contributed by atoms with Crippen molar-refractivity contribution in [2.24, 2.45) is 0 Å². The van der Waals surface area contributed by atoms with E-state index in [1.807, 2.05) is 13.1 Å². The number of nitrogens with one attached hydrogen (secondary N) is 1. The Kier molecular flexibility index (Phi) is 6.75. The van der Waals surface area contributed by atoms with Crippen LogP contribution in [0.1, 0.15) is 10.5 Å². The number of amides is 1. The van der Waals surface area contributed by atoms with Crippen molar-refractivity contribution in [3.63, 3.8) is 0 Å². The third-order valence-corrected chi connectivity index (χ3v) is 7.99. The van der Waals surface area contributed by atoms with Gasteiger partial charge in [0.05, 0.1) is 22.5 Å². The standard InChI is InChI=1S/C22H23BrN6O3S/c1-28-10-12-29(13-11-28)33(31,32)16-8-6-15(7-9-16)19-14-25-21(24)20(26-19)22(30)27-18-5-3-2-4-17(18)23/h2-9,14H,10-13H2,1H3,(H2,24,25)(H,27,30). The lowest BCUT2D eigenvalue weighted by Crippen LogP contribution is -2.46. The van der Waals surface area contributed by atoms with E-state index in [1.165, 1.54) is 10.5 Å². The maximum atomic E-state index is 12.9. The zero-order valence-corrected chi connectivity index (χ0v) is 20.3. The van der Waals surface area contributed by atoms with Crippen LogP contribution in [0.4, 0.5) is 11.5 Å². The molecule has 9 nitrogen and oxygen atoms in total. The van der Waals surface area contributed by atoms with Crippen molar-refractivity contribution in [2.75, 3.05) is 44.3 Å². The van der Waals surface area contributed by atoms with Gasteiger partial charge in [-0.2, -0.15) is 4.31 Å². The molecule has 0 radical (unpaired) electrons. The lowest BCUT2D eigenvalue weighted by atomic mass is 10.1. The highest BCUT2D eigenvalue weighted by atomic mass is 79.9. The molecule has 1 amide bonds. The van der Waals surface area contributed by atoms with Crippen LogP contribution in [-0.4, -0.2) is 66.7 Å². The Morgan fingerprint density at radius 3 is 2.39 bits per heavy atom. The van der Waals surface area contributed by atoms with Gasteiger partial charge in [0.15, 0.2) is 11.5 Å². The summed E-state index contributed by atoms with van der Waals surface area (Å²) >= 11 is 3.38. The van der Waals surface area contributed by atoms with E-state index >= 15 is 0 Å². The average molecular weight is 531 g/mol. The van der Waals surface area contributed by atoms with Crippen molar-refractivity contribution in [3.05, 3.63) is 64.9 Å². The van der Waals surface area contributed by atoms with Crippen molar-refractivity contribution in [3.8, 4) is 11.3 Å². The number of carbonyl (C=O) groups is 1. The monoisotopic (exact) mass is 530 g/mol. The van der Waals surface area contributed by atoms with E-state index in [-0.39, 0.29) is 16.4 Å². The fourth-order valence-corrected chi connectivity index (χ4v) is 5.23. The van der Waals surface area contributed by atoms with Gasteiger partial charge in [0.25, 0.3) is 5.91 Å².